The monoisotopic (exact) mass is 313 g/mol. The van der Waals surface area contributed by atoms with Gasteiger partial charge in [-0.15, -0.1) is 0 Å². The van der Waals surface area contributed by atoms with E-state index in [0.29, 0.717) is 24.5 Å². The fourth-order valence-electron chi connectivity index (χ4n) is 1.72. The van der Waals surface area contributed by atoms with Gasteiger partial charge in [0.15, 0.2) is 0 Å². The van der Waals surface area contributed by atoms with Crippen LogP contribution in [0.25, 0.3) is 0 Å². The van der Waals surface area contributed by atoms with Gasteiger partial charge in [0.1, 0.15) is 11.8 Å². The lowest BCUT2D eigenvalue weighted by atomic mass is 10.1. The summed E-state index contributed by atoms with van der Waals surface area (Å²) in [4.78, 5) is 11.3. The molecule has 118 valence electrons. The van der Waals surface area contributed by atoms with Crippen molar-refractivity contribution in [2.24, 2.45) is 5.73 Å². The number of methoxy groups -OCH3 is 1. The fraction of sp³-hybridized carbons (Fsp3) is 0.533. The molecule has 0 aliphatic carbocycles. The van der Waals surface area contributed by atoms with Crippen LogP contribution in [0.15, 0.2) is 24.3 Å². The molecule has 0 saturated carbocycles. The molecule has 0 aliphatic rings. The van der Waals surface area contributed by atoms with E-state index in [9.17, 15) is 9.90 Å². The Hall–Kier alpha value is -1.24. The summed E-state index contributed by atoms with van der Waals surface area (Å²) < 4.78 is 9.97. The van der Waals surface area contributed by atoms with E-state index in [1.54, 1.807) is 25.8 Å². The molecule has 21 heavy (non-hydrogen) atoms. The fourth-order valence-corrected chi connectivity index (χ4v) is 2.72. The molecule has 0 bridgehead atoms. The Bertz CT molecular complexity index is 441. The Labute approximate surface area is 129 Å². The Balaban J connectivity index is 2.30. The summed E-state index contributed by atoms with van der Waals surface area (Å²) in [6.07, 6.45) is -0.0298. The molecule has 0 radical (unpaired) electrons. The summed E-state index contributed by atoms with van der Waals surface area (Å²) >= 11 is 1.55. The van der Waals surface area contributed by atoms with Gasteiger partial charge in [-0.1, -0.05) is 12.1 Å². The molecule has 1 aromatic carbocycles. The molecule has 0 heterocycles. The van der Waals surface area contributed by atoms with Crippen LogP contribution >= 0.6 is 11.8 Å². The maximum absolute atomic E-state index is 11.3. The molecule has 0 aliphatic heterocycles. The minimum absolute atomic E-state index is 0.341. The number of hydrogen-bond donors (Lipinski definition) is 2. The van der Waals surface area contributed by atoms with Gasteiger partial charge in [0.05, 0.1) is 19.8 Å². The first-order valence-electron chi connectivity index (χ1n) is 6.90. The van der Waals surface area contributed by atoms with E-state index in [1.807, 2.05) is 24.3 Å². The van der Waals surface area contributed by atoms with Gasteiger partial charge in [0, 0.05) is 5.75 Å². The number of aliphatic hydroxyl groups excluding tert-OH is 1. The van der Waals surface area contributed by atoms with E-state index < -0.39 is 12.1 Å². The highest BCUT2D eigenvalue weighted by molar-refractivity contribution is 7.99. The lowest BCUT2D eigenvalue weighted by Crippen LogP contribution is -2.32. The average Bonchev–Trinajstić information content (AvgIpc) is 2.51. The Morgan fingerprint density at radius 1 is 1.48 bits per heavy atom. The summed E-state index contributed by atoms with van der Waals surface area (Å²) in [5.41, 5.74) is 6.52. The minimum atomic E-state index is -0.591. The second-order valence-electron chi connectivity index (χ2n) is 4.51. The van der Waals surface area contributed by atoms with E-state index in [0.717, 1.165) is 11.3 Å². The molecule has 0 spiro atoms. The number of thioether (sulfide) groups is 1. The number of hydrogen-bond acceptors (Lipinski definition) is 6. The molecule has 6 heteroatoms. The van der Waals surface area contributed by atoms with E-state index in [4.69, 9.17) is 15.2 Å². The van der Waals surface area contributed by atoms with E-state index in [1.165, 1.54) is 0 Å². The SMILES string of the molecule is CCOC(=O)C(N)CCSCC(O)c1cccc(OC)c1. The molecule has 0 saturated heterocycles. The maximum Gasteiger partial charge on any atom is 0.322 e. The first-order chi connectivity index (χ1) is 10.1. The second-order valence-corrected chi connectivity index (χ2v) is 5.66. The van der Waals surface area contributed by atoms with Crippen molar-refractivity contribution in [3.63, 3.8) is 0 Å². The van der Waals surface area contributed by atoms with Crippen LogP contribution in [0.2, 0.25) is 0 Å². The van der Waals surface area contributed by atoms with E-state index in [2.05, 4.69) is 0 Å². The van der Waals surface area contributed by atoms with Crippen molar-refractivity contribution in [3.8, 4) is 5.75 Å². The molecule has 5 nitrogen and oxygen atoms in total. The number of rotatable bonds is 9. The lowest BCUT2D eigenvalue weighted by Gasteiger charge is -2.13. The zero-order valence-corrected chi connectivity index (χ0v) is 13.3. The maximum atomic E-state index is 11.3. The number of ether oxygens (including phenoxy) is 2. The van der Waals surface area contributed by atoms with Gasteiger partial charge in [-0.25, -0.2) is 0 Å². The van der Waals surface area contributed by atoms with Crippen LogP contribution in [0.4, 0.5) is 0 Å². The Morgan fingerprint density at radius 3 is 2.90 bits per heavy atom. The molecule has 0 amide bonds. The number of aliphatic hydroxyl groups is 1. The molecule has 3 N–H and O–H groups in total. The summed E-state index contributed by atoms with van der Waals surface area (Å²) in [7, 11) is 1.59. The quantitative estimate of drug-likeness (QED) is 0.534. The van der Waals surface area contributed by atoms with Crippen LogP contribution in [-0.2, 0) is 9.53 Å². The zero-order chi connectivity index (χ0) is 15.7. The second kappa shape index (κ2) is 9.65. The highest BCUT2D eigenvalue weighted by Gasteiger charge is 2.14. The van der Waals surface area contributed by atoms with Gasteiger partial charge >= 0.3 is 5.97 Å². The minimum Gasteiger partial charge on any atom is -0.497 e. The van der Waals surface area contributed by atoms with Crippen molar-refractivity contribution in [1.29, 1.82) is 0 Å². The summed E-state index contributed by atoms with van der Waals surface area (Å²) in [5.74, 6) is 1.59. The van der Waals surface area contributed by atoms with Crippen molar-refractivity contribution < 1.29 is 19.4 Å². The molecular formula is C15H23NO4S. The van der Waals surface area contributed by atoms with Gasteiger partial charge in [-0.2, -0.15) is 11.8 Å². The standard InChI is InChI=1S/C15H23NO4S/c1-3-20-15(18)13(16)7-8-21-10-14(17)11-5-4-6-12(9-11)19-2/h4-6,9,13-14,17H,3,7-8,10,16H2,1-2H3. The molecule has 1 rings (SSSR count). The van der Waals surface area contributed by atoms with Crippen molar-refractivity contribution >= 4 is 17.7 Å². The first-order valence-corrected chi connectivity index (χ1v) is 8.06. The third-order valence-corrected chi connectivity index (χ3v) is 3.99. The Morgan fingerprint density at radius 2 is 2.24 bits per heavy atom. The number of benzene rings is 1. The smallest absolute Gasteiger partial charge is 0.322 e. The van der Waals surface area contributed by atoms with Gasteiger partial charge in [0.25, 0.3) is 0 Å². The van der Waals surface area contributed by atoms with Crippen LogP contribution in [0, 0.1) is 0 Å². The van der Waals surface area contributed by atoms with Crippen LogP contribution < -0.4 is 10.5 Å². The predicted molar refractivity (Wildman–Crippen MR) is 84.5 cm³/mol. The first kappa shape index (κ1) is 17.8. The largest absolute Gasteiger partial charge is 0.497 e. The van der Waals surface area contributed by atoms with Gasteiger partial charge in [0.2, 0.25) is 0 Å². The van der Waals surface area contributed by atoms with Crippen molar-refractivity contribution in [2.45, 2.75) is 25.5 Å². The number of carbonyl (C=O) groups excluding carboxylic acids is 1. The normalized spacial score (nSPS) is 13.5. The zero-order valence-electron chi connectivity index (χ0n) is 12.5. The highest BCUT2D eigenvalue weighted by Crippen LogP contribution is 2.22. The molecule has 0 aromatic heterocycles. The third kappa shape index (κ3) is 6.37. The van der Waals surface area contributed by atoms with Crippen LogP contribution in [0.5, 0.6) is 5.75 Å². The van der Waals surface area contributed by atoms with Crippen LogP contribution in [0.3, 0.4) is 0 Å². The lowest BCUT2D eigenvalue weighted by molar-refractivity contribution is -0.144. The molecule has 0 fully saturated rings. The molecule has 2 unspecified atom stereocenters. The van der Waals surface area contributed by atoms with E-state index in [-0.39, 0.29) is 5.97 Å². The number of esters is 1. The third-order valence-electron chi connectivity index (χ3n) is 2.92. The average molecular weight is 313 g/mol. The Kier molecular flexibility index (Phi) is 8.19. The van der Waals surface area contributed by atoms with Gasteiger partial charge in [-0.3, -0.25) is 4.79 Å². The summed E-state index contributed by atoms with van der Waals surface area (Å²) in [6.45, 7) is 2.10. The summed E-state index contributed by atoms with van der Waals surface area (Å²) in [5, 5.41) is 10.1. The molecule has 1 aromatic rings. The van der Waals surface area contributed by atoms with Crippen LogP contribution in [0.1, 0.15) is 25.0 Å². The van der Waals surface area contributed by atoms with Crippen LogP contribution in [-0.4, -0.2) is 42.3 Å². The topological polar surface area (TPSA) is 81.8 Å². The highest BCUT2D eigenvalue weighted by atomic mass is 32.2. The molecular weight excluding hydrogens is 290 g/mol. The number of carbonyl (C=O) groups is 1. The van der Waals surface area contributed by atoms with Crippen molar-refractivity contribution in [1.82, 2.24) is 0 Å². The molecule has 2 atom stereocenters. The van der Waals surface area contributed by atoms with Crippen molar-refractivity contribution in [2.75, 3.05) is 25.2 Å². The van der Waals surface area contributed by atoms with Gasteiger partial charge < -0.3 is 20.3 Å². The summed E-state index contributed by atoms with van der Waals surface area (Å²) in [6, 6.07) is 6.76. The number of nitrogens with two attached hydrogens (primary N) is 1. The van der Waals surface area contributed by atoms with Crippen molar-refractivity contribution in [3.05, 3.63) is 29.8 Å². The predicted octanol–water partition coefficient (Wildman–Crippen LogP) is 1.74. The van der Waals surface area contributed by atoms with Gasteiger partial charge in [-0.05, 0) is 36.8 Å². The van der Waals surface area contributed by atoms with E-state index >= 15 is 0 Å².